The molecular weight excluding hydrogens is 406 g/mol. The molecule has 6 nitrogen and oxygen atoms in total. The topological polar surface area (TPSA) is 83.9 Å². The van der Waals surface area contributed by atoms with Crippen LogP contribution in [0.25, 0.3) is 0 Å². The maximum atomic E-state index is 12.4. The third-order valence-corrected chi connectivity index (χ3v) is 10.4. The molecule has 1 N–H and O–H groups in total. The number of hydrogen-bond donors (Lipinski definition) is 1. The molecule has 0 aromatic carbocycles. The van der Waals surface area contributed by atoms with Crippen LogP contribution in [0.2, 0.25) is 0 Å². The summed E-state index contributed by atoms with van der Waals surface area (Å²) in [6, 6.07) is 0.373. The molecule has 1 amide bonds. The third-order valence-electron chi connectivity index (χ3n) is 10.4. The quantitative estimate of drug-likeness (QED) is 0.627. The summed E-state index contributed by atoms with van der Waals surface area (Å²) in [5, 5.41) is 8.86. The Morgan fingerprint density at radius 3 is 2.53 bits per heavy atom. The minimum atomic E-state index is -0.964. The molecule has 3 saturated carbocycles. The van der Waals surface area contributed by atoms with Gasteiger partial charge in [0.25, 0.3) is 0 Å². The van der Waals surface area contributed by atoms with E-state index in [2.05, 4.69) is 20.8 Å². The highest BCUT2D eigenvalue weighted by atomic mass is 16.5. The predicted molar refractivity (Wildman–Crippen MR) is 121 cm³/mol. The lowest BCUT2D eigenvalue weighted by atomic mass is 9.46. The summed E-state index contributed by atoms with van der Waals surface area (Å²) in [6.07, 6.45) is 7.07. The lowest BCUT2D eigenvalue weighted by Crippen LogP contribution is -2.61. The fourth-order valence-electron chi connectivity index (χ4n) is 9.10. The standard InChI is InChI=1S/C26H41NO5/c1-15-14-19-17-6-7-20-25(3,13-11-21(28)27(20)5)18(17)10-12-26(19,4)24(15)16(2)32-23(31)9-8-22(29)30/h15-20,24H,6-14H2,1-5H3,(H,29,30)/t15?,16?,17-,18+,19+,20-,24-,25-,26+/m1/s1. The molecule has 0 spiro atoms. The molecule has 1 aliphatic heterocycles. The highest BCUT2D eigenvalue weighted by Crippen LogP contribution is 2.67. The molecule has 3 aliphatic carbocycles. The van der Waals surface area contributed by atoms with Crippen molar-refractivity contribution in [1.29, 1.82) is 0 Å². The van der Waals surface area contributed by atoms with E-state index in [0.717, 1.165) is 19.3 Å². The molecule has 0 bridgehead atoms. The summed E-state index contributed by atoms with van der Waals surface area (Å²) >= 11 is 0. The summed E-state index contributed by atoms with van der Waals surface area (Å²) in [5.74, 6) is 1.70. The lowest BCUT2D eigenvalue weighted by molar-refractivity contribution is -0.165. The van der Waals surface area contributed by atoms with E-state index < -0.39 is 11.9 Å². The van der Waals surface area contributed by atoms with Crippen molar-refractivity contribution in [3.63, 3.8) is 0 Å². The van der Waals surface area contributed by atoms with Gasteiger partial charge in [-0.2, -0.15) is 0 Å². The van der Waals surface area contributed by atoms with E-state index in [1.54, 1.807) is 0 Å². The van der Waals surface area contributed by atoms with E-state index in [-0.39, 0.29) is 29.8 Å². The van der Waals surface area contributed by atoms with Crippen molar-refractivity contribution >= 4 is 17.8 Å². The minimum absolute atomic E-state index is 0.0579. The van der Waals surface area contributed by atoms with E-state index in [1.165, 1.54) is 19.3 Å². The van der Waals surface area contributed by atoms with E-state index in [0.29, 0.717) is 48.0 Å². The van der Waals surface area contributed by atoms with Crippen LogP contribution < -0.4 is 0 Å². The second-order valence-corrected chi connectivity index (χ2v) is 11.9. The molecule has 1 saturated heterocycles. The Balaban J connectivity index is 1.51. The van der Waals surface area contributed by atoms with Gasteiger partial charge >= 0.3 is 11.9 Å². The van der Waals surface area contributed by atoms with Crippen LogP contribution in [0.4, 0.5) is 0 Å². The number of carbonyl (C=O) groups is 3. The first-order chi connectivity index (χ1) is 15.0. The van der Waals surface area contributed by atoms with E-state index in [4.69, 9.17) is 9.84 Å². The summed E-state index contributed by atoms with van der Waals surface area (Å²) in [6.45, 7) is 9.20. The second-order valence-electron chi connectivity index (χ2n) is 11.9. The average Bonchev–Trinajstić information content (AvgIpc) is 2.99. The van der Waals surface area contributed by atoms with E-state index in [9.17, 15) is 14.4 Å². The SMILES string of the molecule is CC1C[C@H]2[C@@H]3CC[C@H]4N(C)C(=O)CC[C@]4(C)[C@H]3CC[C@]2(C)[C@H]1C(C)OC(=O)CCC(=O)O. The van der Waals surface area contributed by atoms with Gasteiger partial charge in [0.2, 0.25) is 5.91 Å². The number of rotatable bonds is 5. The van der Waals surface area contributed by atoms with Crippen molar-refractivity contribution in [2.45, 2.75) is 97.6 Å². The summed E-state index contributed by atoms with van der Waals surface area (Å²) in [7, 11) is 2.01. The monoisotopic (exact) mass is 447 g/mol. The number of ether oxygens (including phenoxy) is 1. The van der Waals surface area contributed by atoms with E-state index in [1.807, 2.05) is 18.9 Å². The molecule has 4 fully saturated rings. The first-order valence-electron chi connectivity index (χ1n) is 12.7. The number of fused-ring (bicyclic) bond motifs is 5. The number of carboxylic acid groups (broad SMARTS) is 1. The van der Waals surface area contributed by atoms with Crippen molar-refractivity contribution in [3.8, 4) is 0 Å². The maximum Gasteiger partial charge on any atom is 0.306 e. The van der Waals surface area contributed by atoms with Gasteiger partial charge in [-0.05, 0) is 80.0 Å². The van der Waals surface area contributed by atoms with Crippen molar-refractivity contribution in [1.82, 2.24) is 4.90 Å². The van der Waals surface area contributed by atoms with E-state index >= 15 is 0 Å². The zero-order valence-electron chi connectivity index (χ0n) is 20.4. The number of aliphatic carboxylic acids is 1. The normalized spacial score (nSPS) is 44.3. The van der Waals surface area contributed by atoms with Crippen LogP contribution in [0.15, 0.2) is 0 Å². The van der Waals surface area contributed by atoms with Crippen LogP contribution in [-0.4, -0.2) is 47.0 Å². The van der Waals surface area contributed by atoms with Crippen molar-refractivity contribution in [2.24, 2.45) is 40.4 Å². The van der Waals surface area contributed by atoms with Gasteiger partial charge < -0.3 is 14.7 Å². The Hall–Kier alpha value is -1.59. The molecular formula is C26H41NO5. The van der Waals surface area contributed by atoms with Crippen LogP contribution in [0, 0.1) is 40.4 Å². The Morgan fingerprint density at radius 1 is 1.12 bits per heavy atom. The summed E-state index contributed by atoms with van der Waals surface area (Å²) < 4.78 is 5.79. The number of likely N-dealkylation sites (tertiary alicyclic amines) is 1. The van der Waals surface area contributed by atoms with Crippen LogP contribution in [0.1, 0.15) is 85.5 Å². The fraction of sp³-hybridized carbons (Fsp3) is 0.885. The van der Waals surface area contributed by atoms with Gasteiger partial charge in [-0.25, -0.2) is 0 Å². The largest absolute Gasteiger partial charge is 0.481 e. The minimum Gasteiger partial charge on any atom is -0.481 e. The molecule has 0 aromatic rings. The molecule has 32 heavy (non-hydrogen) atoms. The molecule has 2 unspecified atom stereocenters. The summed E-state index contributed by atoms with van der Waals surface area (Å²) in [5.41, 5.74) is 0.357. The Labute approximate surface area is 192 Å². The number of hydrogen-bond acceptors (Lipinski definition) is 4. The third kappa shape index (κ3) is 3.66. The van der Waals surface area contributed by atoms with Gasteiger partial charge in [-0.1, -0.05) is 20.8 Å². The molecule has 180 valence electrons. The molecule has 0 radical (unpaired) electrons. The number of esters is 1. The average molecular weight is 448 g/mol. The van der Waals surface area contributed by atoms with Gasteiger partial charge in [0.1, 0.15) is 6.10 Å². The Morgan fingerprint density at radius 2 is 1.84 bits per heavy atom. The Bertz CT molecular complexity index is 782. The van der Waals surface area contributed by atoms with Gasteiger partial charge in [-0.15, -0.1) is 0 Å². The zero-order chi connectivity index (χ0) is 23.4. The van der Waals surface area contributed by atoms with Crippen LogP contribution in [-0.2, 0) is 19.1 Å². The Kier molecular flexibility index (Phi) is 6.13. The van der Waals surface area contributed by atoms with Gasteiger partial charge in [0, 0.05) is 25.4 Å². The number of amides is 1. The zero-order valence-corrected chi connectivity index (χ0v) is 20.4. The van der Waals surface area contributed by atoms with Crippen molar-refractivity contribution in [2.75, 3.05) is 7.05 Å². The fourth-order valence-corrected chi connectivity index (χ4v) is 9.10. The van der Waals surface area contributed by atoms with Crippen molar-refractivity contribution < 1.29 is 24.2 Å². The van der Waals surface area contributed by atoms with Gasteiger partial charge in [0.15, 0.2) is 0 Å². The lowest BCUT2D eigenvalue weighted by Gasteiger charge is -2.62. The highest BCUT2D eigenvalue weighted by molar-refractivity contribution is 5.77. The number of carboxylic acids is 1. The van der Waals surface area contributed by atoms with Crippen LogP contribution in [0.5, 0.6) is 0 Å². The molecule has 0 aromatic heterocycles. The van der Waals surface area contributed by atoms with Crippen LogP contribution in [0.3, 0.4) is 0 Å². The van der Waals surface area contributed by atoms with Crippen molar-refractivity contribution in [3.05, 3.63) is 0 Å². The number of carbonyl (C=O) groups excluding carboxylic acids is 2. The molecule has 6 heteroatoms. The van der Waals surface area contributed by atoms with Gasteiger partial charge in [0.05, 0.1) is 12.8 Å². The number of piperidine rings is 1. The molecule has 4 aliphatic rings. The van der Waals surface area contributed by atoms with Crippen LogP contribution >= 0.6 is 0 Å². The second kappa shape index (κ2) is 8.32. The van der Waals surface area contributed by atoms with Gasteiger partial charge in [-0.3, -0.25) is 14.4 Å². The molecule has 9 atom stereocenters. The first kappa shape index (κ1) is 23.6. The highest BCUT2D eigenvalue weighted by Gasteiger charge is 2.63. The number of nitrogens with zero attached hydrogens (tertiary/aromatic N) is 1. The molecule has 4 rings (SSSR count). The first-order valence-corrected chi connectivity index (χ1v) is 12.7. The smallest absolute Gasteiger partial charge is 0.306 e. The summed E-state index contributed by atoms with van der Waals surface area (Å²) in [4.78, 5) is 37.5. The predicted octanol–water partition coefficient (Wildman–Crippen LogP) is 4.51. The maximum absolute atomic E-state index is 12.4. The molecule has 1 heterocycles.